The van der Waals surface area contributed by atoms with Gasteiger partial charge in [-0.05, 0) is 36.3 Å². The number of amides is 1. The quantitative estimate of drug-likeness (QED) is 0.255. The minimum Gasteiger partial charge on any atom is -0.381 e. The molecule has 3 aromatic heterocycles. The van der Waals surface area contributed by atoms with Crippen molar-refractivity contribution in [3.63, 3.8) is 0 Å². The van der Waals surface area contributed by atoms with Crippen molar-refractivity contribution in [2.45, 2.75) is 13.3 Å². The second-order valence-electron chi connectivity index (χ2n) is 8.73. The van der Waals surface area contributed by atoms with Gasteiger partial charge in [0.25, 0.3) is 11.5 Å². The molecule has 0 radical (unpaired) electrons. The number of carbonyl (C=O) groups excluding carboxylic acids is 1. The van der Waals surface area contributed by atoms with Gasteiger partial charge in [-0.15, -0.1) is 0 Å². The van der Waals surface area contributed by atoms with Crippen LogP contribution in [0.5, 0.6) is 0 Å². The van der Waals surface area contributed by atoms with Gasteiger partial charge < -0.3 is 11.5 Å². The van der Waals surface area contributed by atoms with Crippen LogP contribution in [-0.2, 0) is 20.5 Å². The topological polar surface area (TPSA) is 152 Å². The second-order valence-corrected chi connectivity index (χ2v) is 8.73. The van der Waals surface area contributed by atoms with Crippen LogP contribution in [0.25, 0.3) is 16.6 Å². The van der Waals surface area contributed by atoms with Crippen molar-refractivity contribution in [1.82, 2.24) is 29.1 Å². The maximum atomic E-state index is 13.4. The summed E-state index contributed by atoms with van der Waals surface area (Å²) in [6.07, 6.45) is 5.27. The first-order chi connectivity index (χ1) is 19.8. The molecular formula is C30H29N9O2. The Morgan fingerprint density at radius 2 is 1.83 bits per heavy atom. The fourth-order valence-corrected chi connectivity index (χ4v) is 4.13. The number of anilines is 1. The van der Waals surface area contributed by atoms with E-state index in [2.05, 4.69) is 33.6 Å². The summed E-state index contributed by atoms with van der Waals surface area (Å²) in [6, 6.07) is 17.0. The molecule has 4 N–H and O–H groups in total. The Balaban J connectivity index is 0.000000234. The first-order valence-electron chi connectivity index (χ1n) is 12.6. The first-order valence-corrected chi connectivity index (χ1v) is 12.6. The van der Waals surface area contributed by atoms with Crippen molar-refractivity contribution in [1.29, 1.82) is 0 Å². The number of hydrogen-bond acceptors (Lipinski definition) is 7. The molecule has 11 nitrogen and oxygen atoms in total. The highest BCUT2D eigenvalue weighted by molar-refractivity contribution is 6.02. The molecule has 0 fully saturated rings. The molecular weight excluding hydrogens is 518 g/mol. The summed E-state index contributed by atoms with van der Waals surface area (Å²) >= 11 is 0. The van der Waals surface area contributed by atoms with Crippen LogP contribution in [0.4, 0.5) is 11.6 Å². The van der Waals surface area contributed by atoms with E-state index >= 15 is 0 Å². The van der Waals surface area contributed by atoms with Gasteiger partial charge in [-0.1, -0.05) is 49.8 Å². The molecule has 0 atom stereocenters. The van der Waals surface area contributed by atoms with Crippen molar-refractivity contribution >= 4 is 34.7 Å². The molecule has 0 unspecified atom stereocenters. The van der Waals surface area contributed by atoms with Crippen LogP contribution in [-0.4, -0.2) is 41.2 Å². The predicted octanol–water partition coefficient (Wildman–Crippen LogP) is 3.07. The van der Waals surface area contributed by atoms with Crippen LogP contribution in [0.1, 0.15) is 34.4 Å². The smallest absolute Gasteiger partial charge is 0.267 e. The van der Waals surface area contributed by atoms with Gasteiger partial charge in [-0.25, -0.2) is 14.7 Å². The molecule has 11 heteroatoms. The summed E-state index contributed by atoms with van der Waals surface area (Å²) in [5.74, 6) is 6.71. The summed E-state index contributed by atoms with van der Waals surface area (Å²) in [7, 11) is 3.46. The predicted molar refractivity (Wildman–Crippen MR) is 160 cm³/mol. The number of hydrogen-bond donors (Lipinski definition) is 2. The van der Waals surface area contributed by atoms with E-state index in [0.29, 0.717) is 28.7 Å². The minimum atomic E-state index is -0.646. The molecule has 0 aliphatic carbocycles. The van der Waals surface area contributed by atoms with Gasteiger partial charge in [0.15, 0.2) is 11.6 Å². The number of para-hydroxylation sites is 1. The molecule has 206 valence electrons. The summed E-state index contributed by atoms with van der Waals surface area (Å²) in [5, 5.41) is 8.49. The van der Waals surface area contributed by atoms with Gasteiger partial charge in [-0.3, -0.25) is 18.8 Å². The molecule has 0 aliphatic rings. The van der Waals surface area contributed by atoms with Crippen molar-refractivity contribution in [2.24, 2.45) is 24.8 Å². The average Bonchev–Trinajstić information content (AvgIpc) is 3.51. The molecule has 41 heavy (non-hydrogen) atoms. The van der Waals surface area contributed by atoms with Crippen LogP contribution >= 0.6 is 0 Å². The lowest BCUT2D eigenvalue weighted by Gasteiger charge is -2.13. The third-order valence-electron chi connectivity index (χ3n) is 6.04. The maximum Gasteiger partial charge on any atom is 0.267 e. The third kappa shape index (κ3) is 5.97. The summed E-state index contributed by atoms with van der Waals surface area (Å²) in [5.41, 5.74) is 13.6. The maximum absolute atomic E-state index is 13.4. The van der Waals surface area contributed by atoms with E-state index in [9.17, 15) is 9.59 Å². The van der Waals surface area contributed by atoms with E-state index in [1.54, 1.807) is 22.5 Å². The molecule has 1 amide bonds. The minimum absolute atomic E-state index is 0.0798. The van der Waals surface area contributed by atoms with Gasteiger partial charge in [0.2, 0.25) is 0 Å². The summed E-state index contributed by atoms with van der Waals surface area (Å²) in [6.45, 7) is 5.46. The number of aromatic nitrogens is 6. The molecule has 0 bridgehead atoms. The van der Waals surface area contributed by atoms with Gasteiger partial charge in [0, 0.05) is 32.3 Å². The Hall–Kier alpha value is -5.76. The molecule has 0 saturated carbocycles. The number of fused-ring (bicyclic) bond motifs is 1. The van der Waals surface area contributed by atoms with E-state index in [-0.39, 0.29) is 16.9 Å². The lowest BCUT2D eigenvalue weighted by Crippen LogP contribution is -2.24. The number of benzene rings is 2. The van der Waals surface area contributed by atoms with Crippen LogP contribution in [0, 0.1) is 11.8 Å². The zero-order chi connectivity index (χ0) is 29.5. The highest BCUT2D eigenvalue weighted by atomic mass is 16.1. The number of aliphatic imine (C=N–C) groups is 1. The SMILES string of the molecule is C=C/C=N\c1c(C(N)=O)c(N)nn1C.CCc1nc2cccc(C#Cc3ccnn3C)c2c(=O)n1-c1ccccc1. The summed E-state index contributed by atoms with van der Waals surface area (Å²) in [4.78, 5) is 33.1. The van der Waals surface area contributed by atoms with Crippen LogP contribution in [0.2, 0.25) is 0 Å². The standard InChI is InChI=1S/C22H18N4O.C8H11N5O/c1-3-20-24-19-11-7-8-16(12-13-17-14-15-23-25(17)2)21(19)22(27)26(20)18-9-5-4-6-10-18;1-3-4-11-8-5(7(10)14)6(9)12-13(8)2/h4-11,14-15H,3H2,1-2H3;3-4H,1H2,2H3,(H2,9,12)(H2,10,14)/b;11-4-. The van der Waals surface area contributed by atoms with Gasteiger partial charge in [0.05, 0.1) is 22.8 Å². The van der Waals surface area contributed by atoms with E-state index in [1.165, 1.54) is 17.0 Å². The zero-order valence-electron chi connectivity index (χ0n) is 22.9. The fourth-order valence-electron chi connectivity index (χ4n) is 4.13. The Morgan fingerprint density at radius 3 is 2.46 bits per heavy atom. The number of nitrogen functional groups attached to an aromatic ring is 1. The van der Waals surface area contributed by atoms with Gasteiger partial charge >= 0.3 is 0 Å². The molecule has 5 aromatic rings. The van der Waals surface area contributed by atoms with Gasteiger partial charge in [-0.2, -0.15) is 10.2 Å². The van der Waals surface area contributed by atoms with Crippen LogP contribution in [0.3, 0.4) is 0 Å². The largest absolute Gasteiger partial charge is 0.381 e. The Kier molecular flexibility index (Phi) is 8.54. The van der Waals surface area contributed by atoms with Crippen molar-refractivity contribution in [3.8, 4) is 17.5 Å². The van der Waals surface area contributed by atoms with E-state index in [1.807, 2.05) is 68.6 Å². The highest BCUT2D eigenvalue weighted by Gasteiger charge is 2.17. The number of nitrogens with two attached hydrogens (primary N) is 2. The first kappa shape index (κ1) is 28.3. The van der Waals surface area contributed by atoms with Gasteiger partial charge in [0.1, 0.15) is 17.1 Å². The summed E-state index contributed by atoms with van der Waals surface area (Å²) < 4.78 is 4.76. The molecule has 0 aliphatic heterocycles. The van der Waals surface area contributed by atoms with Crippen molar-refractivity contribution in [3.05, 3.63) is 106 Å². The number of aryl methyl sites for hydroxylation is 3. The number of allylic oxidation sites excluding steroid dienone is 1. The number of primary amides is 1. The van der Waals surface area contributed by atoms with Crippen LogP contribution in [0.15, 0.2) is 83.2 Å². The van der Waals surface area contributed by atoms with Crippen molar-refractivity contribution in [2.75, 3.05) is 5.73 Å². The molecule has 2 aromatic carbocycles. The molecule has 0 spiro atoms. The van der Waals surface area contributed by atoms with E-state index < -0.39 is 5.91 Å². The average molecular weight is 548 g/mol. The normalized spacial score (nSPS) is 10.6. The third-order valence-corrected chi connectivity index (χ3v) is 6.04. The number of rotatable bonds is 5. The molecule has 0 saturated heterocycles. The van der Waals surface area contributed by atoms with Crippen molar-refractivity contribution < 1.29 is 4.79 Å². The lowest BCUT2D eigenvalue weighted by molar-refractivity contribution is 0.100. The van der Waals surface area contributed by atoms with E-state index in [0.717, 1.165) is 17.2 Å². The lowest BCUT2D eigenvalue weighted by atomic mass is 10.1. The van der Waals surface area contributed by atoms with Crippen LogP contribution < -0.4 is 17.0 Å². The number of carbonyl (C=O) groups is 1. The Morgan fingerprint density at radius 1 is 1.07 bits per heavy atom. The number of nitrogens with zero attached hydrogens (tertiary/aromatic N) is 7. The fraction of sp³-hybridized carbons (Fsp3) is 0.133. The molecule has 3 heterocycles. The molecule has 5 rings (SSSR count). The Labute approximate surface area is 236 Å². The monoisotopic (exact) mass is 547 g/mol. The zero-order valence-corrected chi connectivity index (χ0v) is 22.9. The van der Waals surface area contributed by atoms with E-state index in [4.69, 9.17) is 16.5 Å². The Bertz CT molecular complexity index is 1880. The second kappa shape index (κ2) is 12.4. The highest BCUT2D eigenvalue weighted by Crippen LogP contribution is 2.23.